The molecule has 0 aromatic heterocycles. The minimum Gasteiger partial charge on any atom is -0.507 e. The molecule has 3 aromatic carbocycles. The number of aliphatic hydroxyl groups is 1. The molecule has 1 N–H and O–H groups in total. The number of aliphatic hydroxyl groups excluding tert-OH is 1. The molecule has 2 aliphatic rings. The highest BCUT2D eigenvalue weighted by molar-refractivity contribution is 6.51. The SMILES string of the molecule is COc1ccc(/C(O)=C2\C(=O)C(=O)N(c3ccc4c(c3)OCO4)C2c2ccc(C(C)C)cc2)cc1C(C)(C)C. The van der Waals surface area contributed by atoms with Gasteiger partial charge in [0.05, 0.1) is 18.7 Å². The maximum absolute atomic E-state index is 13.6. The van der Waals surface area contributed by atoms with Crippen molar-refractivity contribution in [3.05, 3.63) is 88.5 Å². The Hall–Kier alpha value is -4.26. The van der Waals surface area contributed by atoms with Crippen LogP contribution in [-0.4, -0.2) is 30.7 Å². The van der Waals surface area contributed by atoms with E-state index >= 15 is 0 Å². The van der Waals surface area contributed by atoms with Gasteiger partial charge in [0.25, 0.3) is 11.7 Å². The van der Waals surface area contributed by atoms with Crippen LogP contribution in [0, 0.1) is 0 Å². The van der Waals surface area contributed by atoms with Gasteiger partial charge in [-0.25, -0.2) is 0 Å². The molecule has 1 unspecified atom stereocenters. The van der Waals surface area contributed by atoms with Crippen molar-refractivity contribution >= 4 is 23.1 Å². The Bertz CT molecular complexity index is 1480. The van der Waals surface area contributed by atoms with E-state index in [0.717, 1.165) is 11.1 Å². The van der Waals surface area contributed by atoms with E-state index in [2.05, 4.69) is 13.8 Å². The van der Waals surface area contributed by atoms with Crippen LogP contribution in [0.25, 0.3) is 5.76 Å². The fourth-order valence-electron chi connectivity index (χ4n) is 5.11. The number of amides is 1. The predicted molar refractivity (Wildman–Crippen MR) is 150 cm³/mol. The normalized spacial score (nSPS) is 18.2. The van der Waals surface area contributed by atoms with Gasteiger partial charge in [0.2, 0.25) is 6.79 Å². The molecule has 3 aromatic rings. The zero-order chi connectivity index (χ0) is 28.1. The molecule has 39 heavy (non-hydrogen) atoms. The highest BCUT2D eigenvalue weighted by Gasteiger charge is 2.47. The number of carbonyl (C=O) groups is 2. The lowest BCUT2D eigenvalue weighted by Crippen LogP contribution is -2.29. The molecule has 7 heteroatoms. The molecule has 5 rings (SSSR count). The van der Waals surface area contributed by atoms with Crippen LogP contribution in [0.4, 0.5) is 5.69 Å². The minimum absolute atomic E-state index is 0.0278. The van der Waals surface area contributed by atoms with Crippen molar-refractivity contribution in [3.8, 4) is 17.2 Å². The van der Waals surface area contributed by atoms with Gasteiger partial charge in [-0.05, 0) is 52.8 Å². The first-order valence-corrected chi connectivity index (χ1v) is 13.0. The third-order valence-corrected chi connectivity index (χ3v) is 7.28. The summed E-state index contributed by atoms with van der Waals surface area (Å²) in [6.45, 7) is 10.4. The molecule has 202 valence electrons. The first-order valence-electron chi connectivity index (χ1n) is 13.0. The quantitative estimate of drug-likeness (QED) is 0.233. The summed E-state index contributed by atoms with van der Waals surface area (Å²) in [6.07, 6.45) is 0. The Morgan fingerprint density at radius 1 is 0.974 bits per heavy atom. The molecule has 2 aliphatic heterocycles. The highest BCUT2D eigenvalue weighted by atomic mass is 16.7. The van der Waals surface area contributed by atoms with E-state index in [0.29, 0.717) is 40.0 Å². The van der Waals surface area contributed by atoms with E-state index < -0.39 is 17.7 Å². The fraction of sp³-hybridized carbons (Fsp3) is 0.312. The number of rotatable bonds is 5. The number of carbonyl (C=O) groups excluding carboxylic acids is 2. The van der Waals surface area contributed by atoms with E-state index in [1.165, 1.54) is 4.90 Å². The monoisotopic (exact) mass is 527 g/mol. The standard InChI is InChI=1S/C32H33NO6/c1-18(2)19-7-9-20(10-8-19)28-27(29(34)21-11-13-24(37-6)23(15-21)32(3,4)5)30(35)31(36)33(28)22-12-14-25-26(16-22)39-17-38-25/h7-16,18,28,34H,17H2,1-6H3/b29-27+. The smallest absolute Gasteiger partial charge is 0.300 e. The molecule has 0 aliphatic carbocycles. The van der Waals surface area contributed by atoms with Gasteiger partial charge >= 0.3 is 0 Å². The average Bonchev–Trinajstić information content (AvgIpc) is 3.49. The van der Waals surface area contributed by atoms with Gasteiger partial charge in [0, 0.05) is 22.9 Å². The summed E-state index contributed by atoms with van der Waals surface area (Å²) in [5, 5.41) is 11.7. The Balaban J connectivity index is 1.71. The molecule has 7 nitrogen and oxygen atoms in total. The molecular weight excluding hydrogens is 494 g/mol. The molecule has 0 bridgehead atoms. The fourth-order valence-corrected chi connectivity index (χ4v) is 5.11. The topological polar surface area (TPSA) is 85.3 Å². The van der Waals surface area contributed by atoms with E-state index in [-0.39, 0.29) is 23.5 Å². The molecule has 0 radical (unpaired) electrons. The van der Waals surface area contributed by atoms with E-state index in [1.54, 1.807) is 37.4 Å². The Morgan fingerprint density at radius 3 is 2.31 bits per heavy atom. The Labute approximate surface area is 228 Å². The van der Waals surface area contributed by atoms with Crippen molar-refractivity contribution in [1.82, 2.24) is 0 Å². The summed E-state index contributed by atoms with van der Waals surface area (Å²) in [4.78, 5) is 28.6. The van der Waals surface area contributed by atoms with Crippen molar-refractivity contribution in [1.29, 1.82) is 0 Å². The van der Waals surface area contributed by atoms with E-state index in [4.69, 9.17) is 14.2 Å². The number of nitrogens with zero attached hydrogens (tertiary/aromatic N) is 1. The molecule has 1 saturated heterocycles. The summed E-state index contributed by atoms with van der Waals surface area (Å²) in [7, 11) is 1.60. The van der Waals surface area contributed by atoms with Gasteiger partial charge < -0.3 is 19.3 Å². The summed E-state index contributed by atoms with van der Waals surface area (Å²) < 4.78 is 16.5. The molecule has 0 saturated carbocycles. The second-order valence-corrected chi connectivity index (χ2v) is 11.2. The third kappa shape index (κ3) is 4.62. The Morgan fingerprint density at radius 2 is 1.67 bits per heavy atom. The van der Waals surface area contributed by atoms with Crippen LogP contribution in [0.15, 0.2) is 66.2 Å². The summed E-state index contributed by atoms with van der Waals surface area (Å²) >= 11 is 0. The summed E-state index contributed by atoms with van der Waals surface area (Å²) in [5.74, 6) is 0.348. The average molecular weight is 528 g/mol. The molecule has 1 fully saturated rings. The molecule has 1 amide bonds. The molecule has 2 heterocycles. The van der Waals surface area contributed by atoms with Crippen molar-refractivity contribution in [2.75, 3.05) is 18.8 Å². The van der Waals surface area contributed by atoms with Crippen LogP contribution in [0.2, 0.25) is 0 Å². The zero-order valence-corrected chi connectivity index (χ0v) is 23.1. The number of anilines is 1. The van der Waals surface area contributed by atoms with Crippen molar-refractivity contribution in [3.63, 3.8) is 0 Å². The van der Waals surface area contributed by atoms with Crippen molar-refractivity contribution in [2.24, 2.45) is 0 Å². The van der Waals surface area contributed by atoms with Gasteiger partial charge in [-0.1, -0.05) is 58.9 Å². The van der Waals surface area contributed by atoms with Crippen LogP contribution >= 0.6 is 0 Å². The zero-order valence-electron chi connectivity index (χ0n) is 23.1. The lowest BCUT2D eigenvalue weighted by atomic mass is 9.84. The summed E-state index contributed by atoms with van der Waals surface area (Å²) in [5.41, 5.74) is 3.37. The van der Waals surface area contributed by atoms with Crippen molar-refractivity contribution in [2.45, 2.75) is 52.0 Å². The van der Waals surface area contributed by atoms with Crippen LogP contribution < -0.4 is 19.1 Å². The number of ether oxygens (including phenoxy) is 3. The summed E-state index contributed by atoms with van der Waals surface area (Å²) in [6, 6.07) is 17.4. The van der Waals surface area contributed by atoms with E-state index in [1.807, 2.05) is 51.1 Å². The van der Waals surface area contributed by atoms with Gasteiger partial charge in [0.1, 0.15) is 11.5 Å². The number of methoxy groups -OCH3 is 1. The second-order valence-electron chi connectivity index (χ2n) is 11.2. The Kier molecular flexibility index (Phi) is 6.62. The predicted octanol–water partition coefficient (Wildman–Crippen LogP) is 6.47. The lowest BCUT2D eigenvalue weighted by molar-refractivity contribution is -0.132. The van der Waals surface area contributed by atoms with Crippen LogP contribution in [0.3, 0.4) is 0 Å². The lowest BCUT2D eigenvalue weighted by Gasteiger charge is -2.26. The maximum atomic E-state index is 13.6. The van der Waals surface area contributed by atoms with Crippen LogP contribution in [-0.2, 0) is 15.0 Å². The number of benzene rings is 3. The van der Waals surface area contributed by atoms with Gasteiger partial charge in [-0.3, -0.25) is 14.5 Å². The van der Waals surface area contributed by atoms with Gasteiger partial charge in [0.15, 0.2) is 11.5 Å². The van der Waals surface area contributed by atoms with Gasteiger partial charge in [-0.2, -0.15) is 0 Å². The second kappa shape index (κ2) is 9.80. The maximum Gasteiger partial charge on any atom is 0.300 e. The van der Waals surface area contributed by atoms with Crippen LogP contribution in [0.1, 0.15) is 68.8 Å². The van der Waals surface area contributed by atoms with Crippen LogP contribution in [0.5, 0.6) is 17.2 Å². The number of hydrogen-bond acceptors (Lipinski definition) is 6. The highest BCUT2D eigenvalue weighted by Crippen LogP contribution is 2.45. The minimum atomic E-state index is -0.841. The first-order chi connectivity index (χ1) is 18.5. The van der Waals surface area contributed by atoms with E-state index in [9.17, 15) is 14.7 Å². The first kappa shape index (κ1) is 26.4. The largest absolute Gasteiger partial charge is 0.507 e. The number of hydrogen-bond donors (Lipinski definition) is 1. The van der Waals surface area contributed by atoms with Gasteiger partial charge in [-0.15, -0.1) is 0 Å². The molecule has 0 spiro atoms. The molecule has 1 atom stereocenters. The third-order valence-electron chi connectivity index (χ3n) is 7.28. The van der Waals surface area contributed by atoms with Crippen molar-refractivity contribution < 1.29 is 28.9 Å². The number of fused-ring (bicyclic) bond motifs is 1. The molecular formula is C32H33NO6. The number of ketones is 1. The number of Topliss-reactive ketones (excluding diaryl/α,β-unsaturated/α-hetero) is 1.